The number of carbonyl (C=O) groups is 1. The van der Waals surface area contributed by atoms with E-state index in [0.717, 1.165) is 17.3 Å². The third kappa shape index (κ3) is 3.79. The minimum atomic E-state index is -0.963. The third-order valence-corrected chi connectivity index (χ3v) is 5.71. The van der Waals surface area contributed by atoms with Gasteiger partial charge in [0, 0.05) is 12.1 Å². The van der Waals surface area contributed by atoms with E-state index in [9.17, 15) is 19.5 Å². The monoisotopic (exact) mass is 408 g/mol. The van der Waals surface area contributed by atoms with Gasteiger partial charge >= 0.3 is 11.7 Å². The molecule has 1 aromatic carbocycles. The Labute approximate surface area is 162 Å². The van der Waals surface area contributed by atoms with E-state index in [1.54, 1.807) is 23.6 Å². The van der Waals surface area contributed by atoms with Crippen molar-refractivity contribution in [2.24, 2.45) is 7.05 Å². The summed E-state index contributed by atoms with van der Waals surface area (Å²) in [5.41, 5.74) is 0.141. The molecule has 2 aromatic heterocycles. The number of aryl methyl sites for hydroxylation is 1. The lowest BCUT2D eigenvalue weighted by molar-refractivity contribution is -0.136. The summed E-state index contributed by atoms with van der Waals surface area (Å²) in [6, 6.07) is 7.09. The van der Waals surface area contributed by atoms with E-state index in [-0.39, 0.29) is 17.7 Å². The molecule has 0 aliphatic heterocycles. The fourth-order valence-electron chi connectivity index (χ4n) is 2.66. The molecular formula is C17H17ClN4O4S. The van der Waals surface area contributed by atoms with Gasteiger partial charge in [-0.1, -0.05) is 42.4 Å². The normalized spacial score (nSPS) is 12.4. The van der Waals surface area contributed by atoms with Crippen LogP contribution in [-0.2, 0) is 18.4 Å². The lowest BCUT2D eigenvalue weighted by Crippen LogP contribution is -2.29. The predicted molar refractivity (Wildman–Crippen MR) is 104 cm³/mol. The number of carboxylic acid groups (broad SMARTS) is 1. The smallest absolute Gasteiger partial charge is 0.329 e. The van der Waals surface area contributed by atoms with Gasteiger partial charge in [-0.15, -0.1) is 0 Å². The molecular weight excluding hydrogens is 392 g/mol. The Kier molecular flexibility index (Phi) is 5.43. The largest absolute Gasteiger partial charge is 0.480 e. The van der Waals surface area contributed by atoms with Crippen LogP contribution < -0.4 is 11.2 Å². The van der Waals surface area contributed by atoms with E-state index < -0.39 is 22.5 Å². The van der Waals surface area contributed by atoms with Crippen LogP contribution in [0.15, 0.2) is 39.0 Å². The second-order valence-electron chi connectivity index (χ2n) is 5.95. The van der Waals surface area contributed by atoms with Gasteiger partial charge in [-0.3, -0.25) is 19.1 Å². The molecule has 0 spiro atoms. The van der Waals surface area contributed by atoms with E-state index in [1.807, 2.05) is 12.1 Å². The Morgan fingerprint density at radius 1 is 1.33 bits per heavy atom. The van der Waals surface area contributed by atoms with Gasteiger partial charge in [-0.2, -0.15) is 0 Å². The fourth-order valence-corrected chi connectivity index (χ4v) is 3.73. The van der Waals surface area contributed by atoms with Gasteiger partial charge in [0.25, 0.3) is 5.56 Å². The highest BCUT2D eigenvalue weighted by molar-refractivity contribution is 8.00. The van der Waals surface area contributed by atoms with Crippen molar-refractivity contribution in [1.82, 2.24) is 19.1 Å². The molecule has 2 N–H and O–H groups in total. The lowest BCUT2D eigenvalue weighted by atomic mass is 10.2. The van der Waals surface area contributed by atoms with Crippen LogP contribution in [0.3, 0.4) is 0 Å². The van der Waals surface area contributed by atoms with Crippen LogP contribution in [0.25, 0.3) is 11.2 Å². The minimum Gasteiger partial charge on any atom is -0.480 e. The standard InChI is InChI=1S/C17H17ClN4O4S/c1-3-11(15(24)25)27-17-19-13-12(14(23)20-16(26)21(13)2)22(17)8-9-4-6-10(18)7-5-9/h4-7,11H,3,8H2,1-2H3,(H,24,25)(H,20,23,26)/t11-/m1/s1. The van der Waals surface area contributed by atoms with Crippen molar-refractivity contribution in [2.75, 3.05) is 0 Å². The highest BCUT2D eigenvalue weighted by Crippen LogP contribution is 2.28. The number of halogens is 1. The number of thioether (sulfide) groups is 1. The molecule has 1 atom stereocenters. The number of aromatic amines is 1. The first-order valence-corrected chi connectivity index (χ1v) is 9.41. The highest BCUT2D eigenvalue weighted by atomic mass is 35.5. The SMILES string of the molecule is CC[C@@H](Sc1nc2c(c(=O)[nH]c(=O)n2C)n1Cc1ccc(Cl)cc1)C(=O)O. The van der Waals surface area contributed by atoms with Crippen molar-refractivity contribution >= 4 is 40.5 Å². The van der Waals surface area contributed by atoms with Gasteiger partial charge in [0.15, 0.2) is 16.3 Å². The summed E-state index contributed by atoms with van der Waals surface area (Å²) in [5, 5.41) is 9.60. The number of nitrogens with one attached hydrogen (secondary N) is 1. The van der Waals surface area contributed by atoms with E-state index in [0.29, 0.717) is 16.6 Å². The van der Waals surface area contributed by atoms with E-state index in [2.05, 4.69) is 9.97 Å². The van der Waals surface area contributed by atoms with E-state index >= 15 is 0 Å². The number of rotatable bonds is 6. The number of aromatic nitrogens is 4. The second-order valence-corrected chi connectivity index (χ2v) is 7.56. The van der Waals surface area contributed by atoms with Crippen LogP contribution in [-0.4, -0.2) is 35.4 Å². The number of aliphatic carboxylic acids is 1. The van der Waals surface area contributed by atoms with Crippen molar-refractivity contribution < 1.29 is 9.90 Å². The molecule has 0 radical (unpaired) electrons. The first-order chi connectivity index (χ1) is 12.8. The molecule has 0 aliphatic carbocycles. The number of hydrogen-bond acceptors (Lipinski definition) is 5. The Morgan fingerprint density at radius 3 is 2.59 bits per heavy atom. The molecule has 2 heterocycles. The maximum atomic E-state index is 12.4. The minimum absolute atomic E-state index is 0.209. The van der Waals surface area contributed by atoms with Gasteiger partial charge < -0.3 is 9.67 Å². The average Bonchev–Trinajstić information content (AvgIpc) is 2.98. The number of nitrogens with zero attached hydrogens (tertiary/aromatic N) is 3. The maximum Gasteiger partial charge on any atom is 0.329 e. The molecule has 10 heteroatoms. The quantitative estimate of drug-likeness (QED) is 0.604. The van der Waals surface area contributed by atoms with E-state index in [4.69, 9.17) is 11.6 Å². The number of benzene rings is 1. The number of carboxylic acids is 1. The molecule has 0 saturated carbocycles. The van der Waals surface area contributed by atoms with Crippen LogP contribution in [0.1, 0.15) is 18.9 Å². The fraction of sp³-hybridized carbons (Fsp3) is 0.294. The van der Waals surface area contributed by atoms with Gasteiger partial charge in [0.05, 0.1) is 6.54 Å². The molecule has 0 amide bonds. The molecule has 142 valence electrons. The third-order valence-electron chi connectivity index (χ3n) is 4.12. The summed E-state index contributed by atoms with van der Waals surface area (Å²) in [6.45, 7) is 2.05. The molecule has 3 aromatic rings. The van der Waals surface area contributed by atoms with Gasteiger partial charge in [-0.25, -0.2) is 9.78 Å². The number of imidazole rings is 1. The van der Waals surface area contributed by atoms with Crippen molar-refractivity contribution in [2.45, 2.75) is 30.3 Å². The molecule has 0 saturated heterocycles. The average molecular weight is 409 g/mol. The summed E-state index contributed by atoms with van der Waals surface area (Å²) < 4.78 is 2.87. The summed E-state index contributed by atoms with van der Waals surface area (Å²) in [5.74, 6) is -0.963. The van der Waals surface area contributed by atoms with Gasteiger partial charge in [0.2, 0.25) is 0 Å². The molecule has 3 rings (SSSR count). The zero-order valence-corrected chi connectivity index (χ0v) is 16.2. The molecule has 0 fully saturated rings. The Morgan fingerprint density at radius 2 is 2.00 bits per heavy atom. The van der Waals surface area contributed by atoms with Crippen molar-refractivity contribution in [3.05, 3.63) is 55.7 Å². The number of fused-ring (bicyclic) bond motifs is 1. The lowest BCUT2D eigenvalue weighted by Gasteiger charge is -2.12. The Bertz CT molecular complexity index is 1120. The molecule has 27 heavy (non-hydrogen) atoms. The molecule has 0 aliphatic rings. The maximum absolute atomic E-state index is 12.4. The molecule has 0 unspecified atom stereocenters. The first-order valence-electron chi connectivity index (χ1n) is 8.15. The molecule has 8 nitrogen and oxygen atoms in total. The zero-order valence-electron chi connectivity index (χ0n) is 14.6. The second kappa shape index (κ2) is 7.61. The van der Waals surface area contributed by atoms with Crippen molar-refractivity contribution in [3.8, 4) is 0 Å². The first kappa shape index (κ1) is 19.2. The predicted octanol–water partition coefficient (Wildman–Crippen LogP) is 2.08. The Hall–Kier alpha value is -2.52. The van der Waals surface area contributed by atoms with Crippen molar-refractivity contribution in [3.63, 3.8) is 0 Å². The summed E-state index contributed by atoms with van der Waals surface area (Å²) in [6.07, 6.45) is 0.388. The van der Waals surface area contributed by atoms with Crippen LogP contribution in [0.4, 0.5) is 0 Å². The van der Waals surface area contributed by atoms with Crippen LogP contribution in [0.5, 0.6) is 0 Å². The molecule has 0 bridgehead atoms. The summed E-state index contributed by atoms with van der Waals surface area (Å²) in [7, 11) is 1.50. The van der Waals surface area contributed by atoms with Gasteiger partial charge in [-0.05, 0) is 24.1 Å². The van der Waals surface area contributed by atoms with E-state index in [1.165, 1.54) is 11.6 Å². The van der Waals surface area contributed by atoms with Gasteiger partial charge in [0.1, 0.15) is 5.25 Å². The zero-order chi connectivity index (χ0) is 19.7. The Balaban J connectivity index is 2.20. The van der Waals surface area contributed by atoms with Crippen LogP contribution >= 0.6 is 23.4 Å². The summed E-state index contributed by atoms with van der Waals surface area (Å²) in [4.78, 5) is 42.5. The van der Waals surface area contributed by atoms with Crippen LogP contribution in [0.2, 0.25) is 5.02 Å². The van der Waals surface area contributed by atoms with Crippen LogP contribution in [0, 0.1) is 0 Å². The number of hydrogen-bond donors (Lipinski definition) is 2. The van der Waals surface area contributed by atoms with Crippen molar-refractivity contribution in [1.29, 1.82) is 0 Å². The number of H-pyrrole nitrogens is 1. The topological polar surface area (TPSA) is 110 Å². The highest BCUT2D eigenvalue weighted by Gasteiger charge is 2.23. The summed E-state index contributed by atoms with van der Waals surface area (Å²) >= 11 is 6.98.